The first-order valence-corrected chi connectivity index (χ1v) is 9.42. The summed E-state index contributed by atoms with van der Waals surface area (Å²) in [6.45, 7) is 2.86. The molecule has 3 heterocycles. The fourth-order valence-corrected chi connectivity index (χ4v) is 4.87. The van der Waals surface area contributed by atoms with E-state index in [1.807, 2.05) is 12.3 Å². The third kappa shape index (κ3) is 2.88. The summed E-state index contributed by atoms with van der Waals surface area (Å²) in [5, 5.41) is 13.0. The summed E-state index contributed by atoms with van der Waals surface area (Å²) >= 11 is 0. The Bertz CT molecular complexity index is 529. The van der Waals surface area contributed by atoms with Crippen LogP contribution in [0.4, 0.5) is 0 Å². The zero-order chi connectivity index (χ0) is 16.6. The van der Waals surface area contributed by atoms with E-state index in [9.17, 15) is 9.90 Å². The second-order valence-electron chi connectivity index (χ2n) is 7.81. The first-order valence-electron chi connectivity index (χ1n) is 9.42. The first kappa shape index (κ1) is 16.2. The molecule has 2 saturated heterocycles. The molecule has 3 aliphatic heterocycles. The Balaban J connectivity index is 1.36. The number of aliphatic hydroxyl groups excluding tert-OH is 1. The fraction of sp³-hybridized carbons (Fsp3) is 0.737. The quantitative estimate of drug-likeness (QED) is 0.804. The van der Waals surface area contributed by atoms with Gasteiger partial charge in [0.25, 0.3) is 0 Å². The number of piperidine rings is 1. The zero-order valence-corrected chi connectivity index (χ0v) is 14.3. The van der Waals surface area contributed by atoms with E-state index in [0.717, 1.165) is 64.6 Å². The number of carbonyl (C=O) groups is 1. The second-order valence-corrected chi connectivity index (χ2v) is 7.81. The highest BCUT2D eigenvalue weighted by Gasteiger charge is 2.50. The van der Waals surface area contributed by atoms with Gasteiger partial charge < -0.3 is 15.3 Å². The van der Waals surface area contributed by atoms with E-state index in [4.69, 9.17) is 0 Å². The lowest BCUT2D eigenvalue weighted by Crippen LogP contribution is -2.52. The number of dihydropyridines is 1. The van der Waals surface area contributed by atoms with Crippen molar-refractivity contribution in [2.45, 2.75) is 63.3 Å². The van der Waals surface area contributed by atoms with Crippen molar-refractivity contribution in [1.29, 1.82) is 0 Å². The molecule has 2 N–H and O–H groups in total. The molecule has 1 radical (unpaired) electrons. The van der Waals surface area contributed by atoms with Crippen molar-refractivity contribution in [3.05, 3.63) is 24.4 Å². The van der Waals surface area contributed by atoms with E-state index in [2.05, 4.69) is 27.3 Å². The number of carbonyl (C=O) groups excluding carboxylic acids is 1. The van der Waals surface area contributed by atoms with Gasteiger partial charge in [0.15, 0.2) is 0 Å². The summed E-state index contributed by atoms with van der Waals surface area (Å²) in [6, 6.07) is 0.363. The van der Waals surface area contributed by atoms with Crippen LogP contribution in [0.2, 0.25) is 0 Å². The van der Waals surface area contributed by atoms with Crippen LogP contribution in [0, 0.1) is 11.5 Å². The van der Waals surface area contributed by atoms with Crippen LogP contribution in [-0.2, 0) is 4.79 Å². The molecule has 1 unspecified atom stereocenters. The van der Waals surface area contributed by atoms with Gasteiger partial charge in [-0.15, -0.1) is 0 Å². The van der Waals surface area contributed by atoms with Gasteiger partial charge in [-0.1, -0.05) is 6.08 Å². The van der Waals surface area contributed by atoms with Crippen molar-refractivity contribution in [2.24, 2.45) is 5.41 Å². The molecule has 1 amide bonds. The molecule has 5 nitrogen and oxygen atoms in total. The smallest absolute Gasteiger partial charge is 0.229 e. The van der Waals surface area contributed by atoms with Crippen LogP contribution in [0.15, 0.2) is 18.4 Å². The molecule has 1 spiro atoms. The largest absolute Gasteiger partial charge is 0.393 e. The Kier molecular flexibility index (Phi) is 4.39. The maximum atomic E-state index is 13.1. The number of aliphatic hydroxyl groups is 1. The Morgan fingerprint density at radius 2 is 1.83 bits per heavy atom. The number of allylic oxidation sites excluding steroid dienone is 2. The normalized spacial score (nSPS) is 36.3. The van der Waals surface area contributed by atoms with Gasteiger partial charge in [-0.05, 0) is 57.1 Å². The Morgan fingerprint density at radius 3 is 2.50 bits per heavy atom. The number of nitrogens with zero attached hydrogens (tertiary/aromatic N) is 2. The SMILES string of the molecule is O=C1N([C@H]2CC[C@@H](O)CC2)CCC12CCN(C1C=C[C]=CN1)CC2. The molecule has 1 atom stereocenters. The summed E-state index contributed by atoms with van der Waals surface area (Å²) in [7, 11) is 0. The minimum atomic E-state index is -0.154. The predicted molar refractivity (Wildman–Crippen MR) is 91.7 cm³/mol. The minimum Gasteiger partial charge on any atom is -0.393 e. The van der Waals surface area contributed by atoms with Crippen LogP contribution < -0.4 is 5.32 Å². The van der Waals surface area contributed by atoms with Gasteiger partial charge in [0.1, 0.15) is 0 Å². The molecule has 24 heavy (non-hydrogen) atoms. The maximum absolute atomic E-state index is 13.1. The van der Waals surface area contributed by atoms with E-state index in [-0.39, 0.29) is 17.7 Å². The minimum absolute atomic E-state index is 0.118. The van der Waals surface area contributed by atoms with E-state index in [1.165, 1.54) is 0 Å². The Hall–Kier alpha value is -1.33. The topological polar surface area (TPSA) is 55.8 Å². The summed E-state index contributed by atoms with van der Waals surface area (Å²) in [6.07, 6.45) is 15.7. The molecule has 131 valence electrons. The summed E-state index contributed by atoms with van der Waals surface area (Å²) in [4.78, 5) is 17.7. The van der Waals surface area contributed by atoms with Gasteiger partial charge in [-0.3, -0.25) is 9.69 Å². The fourth-order valence-electron chi connectivity index (χ4n) is 4.87. The van der Waals surface area contributed by atoms with E-state index in [0.29, 0.717) is 11.9 Å². The van der Waals surface area contributed by atoms with Crippen molar-refractivity contribution in [1.82, 2.24) is 15.1 Å². The molecule has 0 aromatic carbocycles. The number of likely N-dealkylation sites (tertiary alicyclic amines) is 2. The lowest BCUT2D eigenvalue weighted by Gasteiger charge is -2.42. The van der Waals surface area contributed by atoms with Gasteiger partial charge in [-0.2, -0.15) is 0 Å². The van der Waals surface area contributed by atoms with Crippen molar-refractivity contribution in [2.75, 3.05) is 19.6 Å². The van der Waals surface area contributed by atoms with Gasteiger partial charge in [-0.25, -0.2) is 0 Å². The monoisotopic (exact) mass is 330 g/mol. The molecule has 0 aromatic heterocycles. The standard InChI is InChI=1S/C19H28N3O2/c23-16-6-4-15(5-7-16)22-14-10-19(18(22)24)8-12-21(13-9-19)17-3-1-2-11-20-17/h1,3,11,15-17,20,23H,4-10,12-14H2/t15-,16+,17?. The van der Waals surface area contributed by atoms with E-state index < -0.39 is 0 Å². The van der Waals surface area contributed by atoms with Crippen LogP contribution in [0.25, 0.3) is 0 Å². The number of rotatable bonds is 2. The zero-order valence-electron chi connectivity index (χ0n) is 14.3. The van der Waals surface area contributed by atoms with Crippen LogP contribution in [0.1, 0.15) is 44.9 Å². The lowest BCUT2D eigenvalue weighted by molar-refractivity contribution is -0.141. The number of hydrogen-bond donors (Lipinski definition) is 2. The number of nitrogens with one attached hydrogen (secondary N) is 1. The van der Waals surface area contributed by atoms with Crippen molar-refractivity contribution in [3.8, 4) is 0 Å². The van der Waals surface area contributed by atoms with E-state index in [1.54, 1.807) is 0 Å². The van der Waals surface area contributed by atoms with Gasteiger partial charge in [0.05, 0.1) is 17.7 Å². The van der Waals surface area contributed by atoms with Crippen LogP contribution in [0.5, 0.6) is 0 Å². The van der Waals surface area contributed by atoms with Crippen molar-refractivity contribution < 1.29 is 9.90 Å². The third-order valence-electron chi connectivity index (χ3n) is 6.51. The summed E-state index contributed by atoms with van der Waals surface area (Å²) < 4.78 is 0. The molecule has 5 heteroatoms. The highest BCUT2D eigenvalue weighted by atomic mass is 16.3. The molecule has 0 aromatic rings. The summed E-state index contributed by atoms with van der Waals surface area (Å²) in [5.74, 6) is 0.393. The number of amides is 1. The summed E-state index contributed by atoms with van der Waals surface area (Å²) in [5.41, 5.74) is -0.118. The second kappa shape index (κ2) is 6.52. The van der Waals surface area contributed by atoms with Crippen LogP contribution in [0.3, 0.4) is 0 Å². The Labute approximate surface area is 144 Å². The lowest BCUT2D eigenvalue weighted by atomic mass is 9.76. The third-order valence-corrected chi connectivity index (χ3v) is 6.51. The van der Waals surface area contributed by atoms with Gasteiger partial charge in [0.2, 0.25) is 5.91 Å². The van der Waals surface area contributed by atoms with Crippen molar-refractivity contribution >= 4 is 5.91 Å². The Morgan fingerprint density at radius 1 is 1.12 bits per heavy atom. The van der Waals surface area contributed by atoms with Gasteiger partial charge in [0, 0.05) is 31.9 Å². The molecule has 1 aliphatic carbocycles. The van der Waals surface area contributed by atoms with Gasteiger partial charge >= 0.3 is 0 Å². The molecule has 4 aliphatic rings. The highest BCUT2D eigenvalue weighted by Crippen LogP contribution is 2.43. The number of hydrogen-bond acceptors (Lipinski definition) is 4. The average Bonchev–Trinajstić information content (AvgIpc) is 2.94. The van der Waals surface area contributed by atoms with E-state index >= 15 is 0 Å². The maximum Gasteiger partial charge on any atom is 0.229 e. The molecule has 4 rings (SSSR count). The van der Waals surface area contributed by atoms with Crippen LogP contribution in [-0.4, -0.2) is 58.8 Å². The van der Waals surface area contributed by atoms with Crippen molar-refractivity contribution in [3.63, 3.8) is 0 Å². The highest BCUT2D eigenvalue weighted by molar-refractivity contribution is 5.85. The molecular formula is C19H28N3O2. The molecular weight excluding hydrogens is 302 g/mol. The molecule has 0 bridgehead atoms. The van der Waals surface area contributed by atoms with Crippen LogP contribution >= 0.6 is 0 Å². The molecule has 1 saturated carbocycles. The molecule has 3 fully saturated rings. The average molecular weight is 330 g/mol. The predicted octanol–water partition coefficient (Wildman–Crippen LogP) is 1.41. The first-order chi connectivity index (χ1) is 11.7.